The van der Waals surface area contributed by atoms with Crippen LogP contribution >= 0.6 is 0 Å². The number of non-ortho nitro benzene ring substituents is 1. The zero-order valence-electron chi connectivity index (χ0n) is 20.5. The van der Waals surface area contributed by atoms with E-state index in [-0.39, 0.29) is 11.7 Å². The number of likely N-dealkylation sites (N-methyl/N-ethyl adjacent to an activating group) is 1. The second-order valence-corrected chi connectivity index (χ2v) is 8.05. The van der Waals surface area contributed by atoms with Crippen molar-refractivity contribution in [3.63, 3.8) is 0 Å². The predicted molar refractivity (Wildman–Crippen MR) is 138 cm³/mol. The van der Waals surface area contributed by atoms with Crippen LogP contribution in [-0.4, -0.2) is 31.1 Å². The van der Waals surface area contributed by atoms with Crippen LogP contribution in [0.25, 0.3) is 0 Å². The van der Waals surface area contributed by atoms with Gasteiger partial charge in [-0.25, -0.2) is 0 Å². The molecule has 0 aliphatic heterocycles. The summed E-state index contributed by atoms with van der Waals surface area (Å²) in [6.07, 6.45) is 1.22. The Morgan fingerprint density at radius 1 is 0.917 bits per heavy atom. The largest absolute Gasteiger partial charge is 0.464 e. The number of ether oxygens (including phenoxy) is 1. The Bertz CT molecular complexity index is 1240. The van der Waals surface area contributed by atoms with E-state index in [4.69, 9.17) is 4.74 Å². The highest BCUT2D eigenvalue weighted by molar-refractivity contribution is 5.69. The van der Waals surface area contributed by atoms with E-state index in [1.165, 1.54) is 12.1 Å². The van der Waals surface area contributed by atoms with Crippen LogP contribution in [0.3, 0.4) is 0 Å². The van der Waals surface area contributed by atoms with Crippen molar-refractivity contribution in [1.82, 2.24) is 0 Å². The lowest BCUT2D eigenvalue weighted by Crippen LogP contribution is -2.23. The molecule has 0 fully saturated rings. The minimum absolute atomic E-state index is 0.00611. The normalized spacial score (nSPS) is 11.2. The number of hydrogen-bond donors (Lipinski definition) is 0. The number of anilines is 1. The number of azo groups is 2. The van der Waals surface area contributed by atoms with Gasteiger partial charge in [-0.15, -0.1) is 0 Å². The highest BCUT2D eigenvalue weighted by atomic mass is 16.6. The number of esters is 1. The minimum atomic E-state index is -0.457. The number of carbonyl (C=O) groups excluding carboxylic acids is 1. The Balaban J connectivity index is 1.56. The van der Waals surface area contributed by atoms with Gasteiger partial charge in [-0.3, -0.25) is 14.9 Å². The third-order valence-electron chi connectivity index (χ3n) is 5.23. The number of rotatable bonds is 11. The molecule has 0 spiro atoms. The van der Waals surface area contributed by atoms with Gasteiger partial charge in [-0.2, -0.15) is 20.5 Å². The second-order valence-electron chi connectivity index (χ2n) is 8.05. The molecular formula is C26H28N6O4. The van der Waals surface area contributed by atoms with Crippen molar-refractivity contribution >= 4 is 40.1 Å². The molecule has 0 aromatic heterocycles. The fourth-order valence-corrected chi connectivity index (χ4v) is 3.16. The van der Waals surface area contributed by atoms with Gasteiger partial charge < -0.3 is 9.64 Å². The molecule has 3 aromatic carbocycles. The second kappa shape index (κ2) is 12.8. The van der Waals surface area contributed by atoms with Crippen molar-refractivity contribution in [3.8, 4) is 0 Å². The van der Waals surface area contributed by atoms with Gasteiger partial charge in [0.15, 0.2) is 0 Å². The molecule has 0 N–H and O–H groups in total. The van der Waals surface area contributed by atoms with Crippen molar-refractivity contribution in [2.45, 2.75) is 26.7 Å². The van der Waals surface area contributed by atoms with Gasteiger partial charge in [-0.1, -0.05) is 6.92 Å². The molecule has 0 heterocycles. The van der Waals surface area contributed by atoms with Crippen molar-refractivity contribution < 1.29 is 14.5 Å². The fraction of sp³-hybridized carbons (Fsp3) is 0.269. The highest BCUT2D eigenvalue weighted by Crippen LogP contribution is 2.28. The lowest BCUT2D eigenvalue weighted by molar-refractivity contribution is -0.384. The third-order valence-corrected chi connectivity index (χ3v) is 5.23. The quantitative estimate of drug-likeness (QED) is 0.120. The lowest BCUT2D eigenvalue weighted by atomic mass is 10.2. The van der Waals surface area contributed by atoms with Crippen molar-refractivity contribution in [2.24, 2.45) is 20.5 Å². The first kappa shape index (κ1) is 26.1. The summed E-state index contributed by atoms with van der Waals surface area (Å²) in [6, 6.07) is 18.9. The Morgan fingerprint density at radius 3 is 2.11 bits per heavy atom. The summed E-state index contributed by atoms with van der Waals surface area (Å²) in [5.41, 5.74) is 4.44. The Kier molecular flexibility index (Phi) is 9.33. The van der Waals surface area contributed by atoms with E-state index in [9.17, 15) is 14.9 Å². The summed E-state index contributed by atoms with van der Waals surface area (Å²) in [5.74, 6) is -0.169. The van der Waals surface area contributed by atoms with Crippen LogP contribution in [0.4, 0.5) is 34.1 Å². The molecule has 0 atom stereocenters. The minimum Gasteiger partial charge on any atom is -0.464 e. The molecule has 0 saturated heterocycles. The number of benzene rings is 3. The zero-order valence-corrected chi connectivity index (χ0v) is 20.5. The van der Waals surface area contributed by atoms with Gasteiger partial charge in [0.25, 0.3) is 5.69 Å². The summed E-state index contributed by atoms with van der Waals surface area (Å²) in [5, 5.41) is 27.7. The van der Waals surface area contributed by atoms with E-state index in [0.29, 0.717) is 42.3 Å². The van der Waals surface area contributed by atoms with Gasteiger partial charge in [0.2, 0.25) is 0 Å². The smallest absolute Gasteiger partial charge is 0.305 e. The molecule has 0 bridgehead atoms. The maximum absolute atomic E-state index is 11.5. The van der Waals surface area contributed by atoms with Gasteiger partial charge >= 0.3 is 5.97 Å². The standard InChI is InChI=1S/C26H28N6O4/c1-4-5-26(33)36-17-16-31(3)23-11-6-20(7-12-23)27-29-22-10-15-25(19(2)18-22)30-28-21-8-13-24(14-9-21)32(34)35/h6-15,18H,4-5,16-17H2,1-3H3/b29-27+,30-28+. The van der Waals surface area contributed by atoms with Crippen LogP contribution in [0, 0.1) is 17.0 Å². The molecule has 10 nitrogen and oxygen atoms in total. The molecule has 186 valence electrons. The molecule has 0 radical (unpaired) electrons. The van der Waals surface area contributed by atoms with Crippen molar-refractivity contribution in [3.05, 3.63) is 82.4 Å². The number of carbonyl (C=O) groups is 1. The van der Waals surface area contributed by atoms with Gasteiger partial charge in [0, 0.05) is 31.3 Å². The molecular weight excluding hydrogens is 460 g/mol. The predicted octanol–water partition coefficient (Wildman–Crippen LogP) is 7.51. The van der Waals surface area contributed by atoms with Crippen LogP contribution in [0.1, 0.15) is 25.3 Å². The van der Waals surface area contributed by atoms with E-state index >= 15 is 0 Å². The zero-order chi connectivity index (χ0) is 25.9. The Morgan fingerprint density at radius 2 is 1.50 bits per heavy atom. The molecule has 0 aliphatic rings. The average Bonchev–Trinajstić information content (AvgIpc) is 2.87. The summed E-state index contributed by atoms with van der Waals surface area (Å²) in [4.78, 5) is 23.8. The first-order chi connectivity index (χ1) is 17.4. The fourth-order valence-electron chi connectivity index (χ4n) is 3.16. The van der Waals surface area contributed by atoms with Crippen LogP contribution in [0.5, 0.6) is 0 Å². The molecule has 0 unspecified atom stereocenters. The summed E-state index contributed by atoms with van der Waals surface area (Å²) in [6.45, 7) is 4.79. The van der Waals surface area contributed by atoms with Gasteiger partial charge in [0.05, 0.1) is 34.2 Å². The summed E-state index contributed by atoms with van der Waals surface area (Å²) < 4.78 is 5.20. The number of nitro groups is 1. The van der Waals surface area contributed by atoms with E-state index in [1.807, 2.05) is 56.1 Å². The van der Waals surface area contributed by atoms with E-state index in [1.54, 1.807) is 24.3 Å². The van der Waals surface area contributed by atoms with Crippen LogP contribution in [0.15, 0.2) is 87.2 Å². The Hall–Kier alpha value is -4.47. The third kappa shape index (κ3) is 7.79. The van der Waals surface area contributed by atoms with Gasteiger partial charge in [-0.05, 0) is 73.5 Å². The molecule has 3 aromatic rings. The molecule has 0 saturated carbocycles. The van der Waals surface area contributed by atoms with Crippen LogP contribution in [-0.2, 0) is 9.53 Å². The lowest BCUT2D eigenvalue weighted by Gasteiger charge is -2.19. The van der Waals surface area contributed by atoms with Crippen molar-refractivity contribution in [1.29, 1.82) is 0 Å². The monoisotopic (exact) mass is 488 g/mol. The number of nitro benzene ring substituents is 1. The number of nitrogens with zero attached hydrogens (tertiary/aromatic N) is 6. The maximum atomic E-state index is 11.5. The first-order valence-electron chi connectivity index (χ1n) is 11.5. The maximum Gasteiger partial charge on any atom is 0.305 e. The molecule has 36 heavy (non-hydrogen) atoms. The first-order valence-corrected chi connectivity index (χ1v) is 11.5. The van der Waals surface area contributed by atoms with Gasteiger partial charge in [0.1, 0.15) is 6.61 Å². The number of aryl methyl sites for hydroxylation is 1. The molecule has 3 rings (SSSR count). The number of hydrogen-bond acceptors (Lipinski definition) is 9. The Labute approximate surface area is 209 Å². The van der Waals surface area contributed by atoms with E-state index in [2.05, 4.69) is 20.5 Å². The van der Waals surface area contributed by atoms with E-state index < -0.39 is 4.92 Å². The SMILES string of the molecule is CCCC(=O)OCCN(C)c1ccc(/N=N/c2ccc(/N=N/c3ccc([N+](=O)[O-])cc3)c(C)c2)cc1. The van der Waals surface area contributed by atoms with E-state index in [0.717, 1.165) is 17.7 Å². The summed E-state index contributed by atoms with van der Waals surface area (Å²) >= 11 is 0. The van der Waals surface area contributed by atoms with Crippen LogP contribution in [0.2, 0.25) is 0 Å². The molecule has 0 amide bonds. The molecule has 10 heteroatoms. The average molecular weight is 489 g/mol. The summed E-state index contributed by atoms with van der Waals surface area (Å²) in [7, 11) is 1.94. The molecule has 0 aliphatic carbocycles. The highest BCUT2D eigenvalue weighted by Gasteiger charge is 2.06. The van der Waals surface area contributed by atoms with Crippen molar-refractivity contribution in [2.75, 3.05) is 25.1 Å². The van der Waals surface area contributed by atoms with Crippen LogP contribution < -0.4 is 4.90 Å². The topological polar surface area (TPSA) is 122 Å².